The van der Waals surface area contributed by atoms with Crippen LogP contribution in [-0.4, -0.2) is 25.2 Å². The van der Waals surface area contributed by atoms with E-state index in [-0.39, 0.29) is 17.9 Å². The molecule has 0 unspecified atom stereocenters. The Morgan fingerprint density at radius 2 is 1.85 bits per heavy atom. The van der Waals surface area contributed by atoms with Crippen LogP contribution in [0.4, 0.5) is 0 Å². The molecule has 166 valence electrons. The predicted molar refractivity (Wildman–Crippen MR) is 131 cm³/mol. The monoisotopic (exact) mass is 479 g/mol. The molecule has 0 spiro atoms. The average Bonchev–Trinajstić information content (AvgIpc) is 3.22. The van der Waals surface area contributed by atoms with Crippen LogP contribution in [0.25, 0.3) is 26.8 Å². The van der Waals surface area contributed by atoms with Crippen LogP contribution in [0.1, 0.15) is 26.5 Å². The molecule has 0 amide bonds. The molecule has 0 aliphatic heterocycles. The maximum atomic E-state index is 13.6. The van der Waals surface area contributed by atoms with Gasteiger partial charge >= 0.3 is 11.7 Å². The minimum absolute atomic E-state index is 0.00679. The molecule has 5 rings (SSSR count). The first-order chi connectivity index (χ1) is 15.8. The Labute approximate surface area is 196 Å². The van der Waals surface area contributed by atoms with Crippen molar-refractivity contribution in [3.63, 3.8) is 0 Å². The second-order valence-electron chi connectivity index (χ2n) is 7.79. The minimum atomic E-state index is -1.25. The number of hydrogen-bond acceptors (Lipinski definition) is 4. The van der Waals surface area contributed by atoms with Crippen molar-refractivity contribution in [2.75, 3.05) is 0 Å². The average molecular weight is 480 g/mol. The number of H-pyrrole nitrogens is 1. The zero-order valence-electron chi connectivity index (χ0n) is 17.7. The van der Waals surface area contributed by atoms with Crippen LogP contribution in [-0.2, 0) is 6.54 Å². The van der Waals surface area contributed by atoms with Gasteiger partial charge in [-0.1, -0.05) is 41.9 Å². The van der Waals surface area contributed by atoms with Gasteiger partial charge in [0.15, 0.2) is 5.69 Å². The van der Waals surface area contributed by atoms with Crippen LogP contribution in [0.5, 0.6) is 0 Å². The Bertz CT molecular complexity index is 1690. The van der Waals surface area contributed by atoms with Gasteiger partial charge in [-0.05, 0) is 43.2 Å². The number of thiophene rings is 1. The summed E-state index contributed by atoms with van der Waals surface area (Å²) in [5.41, 5.74) is 0.777. The molecule has 0 bridgehead atoms. The molecule has 0 atom stereocenters. The number of carboxylic acid groups (broad SMARTS) is 1. The standard InChI is InChI=1S/C24H18ClN3O4S/c1-12-13(2)33-21-18(12)22(29)28(24(32)26-21)19-16-10-15(25)8-9-17(16)27(20(19)23(30)31)11-14-6-4-3-5-7-14/h3-10H,11H2,1-2H3,(H,26,32)(H,30,31). The summed E-state index contributed by atoms with van der Waals surface area (Å²) in [6.45, 7) is 3.92. The normalized spacial score (nSPS) is 11.5. The van der Waals surface area contributed by atoms with Gasteiger partial charge in [0.1, 0.15) is 4.83 Å². The summed E-state index contributed by atoms with van der Waals surface area (Å²) in [7, 11) is 0. The van der Waals surface area contributed by atoms with Gasteiger partial charge in [0, 0.05) is 21.8 Å². The third-order valence-electron chi connectivity index (χ3n) is 5.83. The van der Waals surface area contributed by atoms with E-state index >= 15 is 0 Å². The molecule has 2 aromatic carbocycles. The van der Waals surface area contributed by atoms with E-state index in [0.717, 1.165) is 20.6 Å². The molecule has 0 radical (unpaired) electrons. The highest BCUT2D eigenvalue weighted by Gasteiger charge is 2.27. The zero-order chi connectivity index (χ0) is 23.4. The quantitative estimate of drug-likeness (QED) is 0.390. The smallest absolute Gasteiger partial charge is 0.354 e. The number of benzene rings is 2. The van der Waals surface area contributed by atoms with E-state index in [1.54, 1.807) is 22.8 Å². The number of halogens is 1. The number of rotatable bonds is 4. The van der Waals surface area contributed by atoms with Crippen LogP contribution in [0.15, 0.2) is 58.1 Å². The summed E-state index contributed by atoms with van der Waals surface area (Å²) in [5.74, 6) is -1.25. The molecule has 0 saturated heterocycles. The maximum absolute atomic E-state index is 13.6. The lowest BCUT2D eigenvalue weighted by molar-refractivity contribution is 0.0686. The summed E-state index contributed by atoms with van der Waals surface area (Å²) in [6, 6.07) is 14.3. The fourth-order valence-corrected chi connectivity index (χ4v) is 5.43. The predicted octanol–water partition coefficient (Wildman–Crippen LogP) is 4.71. The molecule has 0 aliphatic rings. The second-order valence-corrected chi connectivity index (χ2v) is 9.45. The number of aromatic amines is 1. The van der Waals surface area contributed by atoms with Crippen LogP contribution in [0, 0.1) is 13.8 Å². The minimum Gasteiger partial charge on any atom is -0.477 e. The van der Waals surface area contributed by atoms with E-state index in [1.165, 1.54) is 11.3 Å². The van der Waals surface area contributed by atoms with E-state index in [4.69, 9.17) is 11.6 Å². The SMILES string of the molecule is Cc1sc2[nH]c(=O)n(-c3c(C(=O)O)n(Cc4ccccc4)c4ccc(Cl)cc34)c(=O)c2c1C. The number of carbonyl (C=O) groups is 1. The Kier molecular flexibility index (Phi) is 4.99. The third kappa shape index (κ3) is 3.30. The summed E-state index contributed by atoms with van der Waals surface area (Å²) < 4.78 is 2.52. The summed E-state index contributed by atoms with van der Waals surface area (Å²) in [6.07, 6.45) is 0. The van der Waals surface area contributed by atoms with Crippen molar-refractivity contribution >= 4 is 50.0 Å². The molecule has 3 heterocycles. The number of aryl methyl sites for hydroxylation is 2. The Hall–Kier alpha value is -3.62. The first-order valence-electron chi connectivity index (χ1n) is 10.1. The largest absolute Gasteiger partial charge is 0.477 e. The van der Waals surface area contributed by atoms with Gasteiger partial charge in [0.25, 0.3) is 5.56 Å². The van der Waals surface area contributed by atoms with Crippen LogP contribution in [0.3, 0.4) is 0 Å². The van der Waals surface area contributed by atoms with Gasteiger partial charge in [-0.15, -0.1) is 11.3 Å². The highest BCUT2D eigenvalue weighted by Crippen LogP contribution is 2.32. The summed E-state index contributed by atoms with van der Waals surface area (Å²) in [4.78, 5) is 43.4. The van der Waals surface area contributed by atoms with Crippen LogP contribution in [0.2, 0.25) is 5.02 Å². The van der Waals surface area contributed by atoms with E-state index in [1.807, 2.05) is 44.2 Å². The molecule has 0 saturated carbocycles. The third-order valence-corrected chi connectivity index (χ3v) is 7.19. The molecular formula is C24H18ClN3O4S. The first-order valence-corrected chi connectivity index (χ1v) is 11.3. The lowest BCUT2D eigenvalue weighted by atomic mass is 10.2. The summed E-state index contributed by atoms with van der Waals surface area (Å²) in [5, 5.41) is 11.4. The van der Waals surface area contributed by atoms with Crippen molar-refractivity contribution in [3.8, 4) is 5.69 Å². The van der Waals surface area contributed by atoms with Gasteiger partial charge in [-0.2, -0.15) is 0 Å². The Morgan fingerprint density at radius 3 is 2.55 bits per heavy atom. The number of carboxylic acids is 1. The molecule has 0 aliphatic carbocycles. The molecule has 0 fully saturated rings. The number of aromatic carboxylic acids is 1. The van der Waals surface area contributed by atoms with Gasteiger partial charge in [-0.25, -0.2) is 14.2 Å². The molecule has 9 heteroatoms. The lowest BCUT2D eigenvalue weighted by Gasteiger charge is -2.10. The Balaban J connectivity index is 1.94. The fraction of sp³-hybridized carbons (Fsp3) is 0.125. The molecule has 7 nitrogen and oxygen atoms in total. The van der Waals surface area contributed by atoms with E-state index in [2.05, 4.69) is 4.98 Å². The molecule has 5 aromatic rings. The lowest BCUT2D eigenvalue weighted by Crippen LogP contribution is -2.34. The molecule has 33 heavy (non-hydrogen) atoms. The van der Waals surface area contributed by atoms with E-state index < -0.39 is 17.2 Å². The van der Waals surface area contributed by atoms with Gasteiger partial charge in [-0.3, -0.25) is 9.78 Å². The van der Waals surface area contributed by atoms with Gasteiger partial charge in [0.2, 0.25) is 0 Å². The molecule has 2 N–H and O–H groups in total. The Morgan fingerprint density at radius 1 is 1.12 bits per heavy atom. The highest BCUT2D eigenvalue weighted by molar-refractivity contribution is 7.18. The number of hydrogen-bond donors (Lipinski definition) is 2. The number of nitrogens with zero attached hydrogens (tertiary/aromatic N) is 2. The molecule has 3 aromatic heterocycles. The first kappa shape index (κ1) is 21.2. The fourth-order valence-electron chi connectivity index (χ4n) is 4.22. The topological polar surface area (TPSA) is 97.1 Å². The van der Waals surface area contributed by atoms with E-state index in [0.29, 0.717) is 26.1 Å². The van der Waals surface area contributed by atoms with Crippen molar-refractivity contribution in [3.05, 3.63) is 96.1 Å². The van der Waals surface area contributed by atoms with Crippen molar-refractivity contribution in [2.24, 2.45) is 0 Å². The van der Waals surface area contributed by atoms with Gasteiger partial charge < -0.3 is 9.67 Å². The highest BCUT2D eigenvalue weighted by atomic mass is 35.5. The van der Waals surface area contributed by atoms with Crippen LogP contribution < -0.4 is 11.2 Å². The summed E-state index contributed by atoms with van der Waals surface area (Å²) >= 11 is 7.58. The van der Waals surface area contributed by atoms with E-state index in [9.17, 15) is 19.5 Å². The van der Waals surface area contributed by atoms with Crippen molar-refractivity contribution in [1.29, 1.82) is 0 Å². The van der Waals surface area contributed by atoms with Crippen LogP contribution >= 0.6 is 22.9 Å². The van der Waals surface area contributed by atoms with Crippen molar-refractivity contribution in [1.82, 2.24) is 14.1 Å². The maximum Gasteiger partial charge on any atom is 0.354 e. The zero-order valence-corrected chi connectivity index (χ0v) is 19.3. The number of fused-ring (bicyclic) bond motifs is 2. The van der Waals surface area contributed by atoms with Crippen molar-refractivity contribution in [2.45, 2.75) is 20.4 Å². The number of aromatic nitrogens is 3. The molecular weight excluding hydrogens is 462 g/mol. The van der Waals surface area contributed by atoms with Crippen molar-refractivity contribution < 1.29 is 9.90 Å². The number of nitrogens with one attached hydrogen (secondary N) is 1. The van der Waals surface area contributed by atoms with Gasteiger partial charge in [0.05, 0.1) is 16.6 Å². The second kappa shape index (κ2) is 7.75.